The standard InChI is InChI=1S/C25H18FN7/c1-13-4-14(6-16(26)5-13)19-11-29-12-23-18(19)8-22(30-23)25-24-21(32-33-25)3-2-20(31-24)15-7-17(27)10-28-9-15/h2-12,30H,27H2,1H3,(H,32,33). The van der Waals surface area contributed by atoms with Gasteiger partial charge in [0.2, 0.25) is 0 Å². The van der Waals surface area contributed by atoms with Gasteiger partial charge in [0, 0.05) is 35.1 Å². The molecule has 1 aromatic carbocycles. The number of anilines is 1. The second-order valence-electron chi connectivity index (χ2n) is 8.02. The van der Waals surface area contributed by atoms with Crippen LogP contribution in [0.25, 0.3) is 55.7 Å². The van der Waals surface area contributed by atoms with Crippen molar-refractivity contribution in [3.8, 4) is 33.8 Å². The van der Waals surface area contributed by atoms with Gasteiger partial charge in [-0.25, -0.2) is 9.37 Å². The second kappa shape index (κ2) is 7.23. The maximum absolute atomic E-state index is 14.1. The average Bonchev–Trinajstić information content (AvgIpc) is 3.41. The highest BCUT2D eigenvalue weighted by Crippen LogP contribution is 2.34. The van der Waals surface area contributed by atoms with E-state index in [4.69, 9.17) is 10.7 Å². The van der Waals surface area contributed by atoms with Crippen molar-refractivity contribution >= 4 is 27.6 Å². The second-order valence-corrected chi connectivity index (χ2v) is 8.02. The Balaban J connectivity index is 1.51. The maximum atomic E-state index is 14.1. The molecule has 0 aliphatic carbocycles. The molecule has 0 fully saturated rings. The molecular weight excluding hydrogens is 417 g/mol. The largest absolute Gasteiger partial charge is 0.397 e. The molecule has 0 amide bonds. The van der Waals surface area contributed by atoms with Crippen molar-refractivity contribution in [3.05, 3.63) is 78.6 Å². The molecule has 6 aromatic rings. The number of hydrogen-bond donors (Lipinski definition) is 3. The molecule has 0 unspecified atom stereocenters. The van der Waals surface area contributed by atoms with E-state index >= 15 is 0 Å². The lowest BCUT2D eigenvalue weighted by Gasteiger charge is -2.05. The zero-order valence-electron chi connectivity index (χ0n) is 17.6. The molecule has 0 radical (unpaired) electrons. The minimum Gasteiger partial charge on any atom is -0.397 e. The van der Waals surface area contributed by atoms with Crippen LogP contribution >= 0.6 is 0 Å². The fraction of sp³-hybridized carbons (Fsp3) is 0.0400. The van der Waals surface area contributed by atoms with Gasteiger partial charge >= 0.3 is 0 Å². The lowest BCUT2D eigenvalue weighted by atomic mass is 10.0. The Bertz CT molecular complexity index is 1640. The zero-order valence-corrected chi connectivity index (χ0v) is 17.6. The fourth-order valence-corrected chi connectivity index (χ4v) is 4.15. The lowest BCUT2D eigenvalue weighted by Crippen LogP contribution is -1.90. The summed E-state index contributed by atoms with van der Waals surface area (Å²) in [6, 6.07) is 12.6. The van der Waals surface area contributed by atoms with Crippen LogP contribution in [0.2, 0.25) is 0 Å². The Morgan fingerprint density at radius 1 is 0.879 bits per heavy atom. The summed E-state index contributed by atoms with van der Waals surface area (Å²) in [6.45, 7) is 1.87. The van der Waals surface area contributed by atoms with Crippen LogP contribution in [0.15, 0.2) is 67.3 Å². The Morgan fingerprint density at radius 3 is 2.61 bits per heavy atom. The molecule has 5 aromatic heterocycles. The number of halogens is 1. The van der Waals surface area contributed by atoms with Crippen LogP contribution in [0.4, 0.5) is 10.1 Å². The van der Waals surface area contributed by atoms with E-state index in [9.17, 15) is 4.39 Å². The van der Waals surface area contributed by atoms with Crippen molar-refractivity contribution < 1.29 is 4.39 Å². The summed E-state index contributed by atoms with van der Waals surface area (Å²) in [7, 11) is 0. The van der Waals surface area contributed by atoms with Crippen molar-refractivity contribution in [1.29, 1.82) is 0 Å². The van der Waals surface area contributed by atoms with Crippen LogP contribution in [-0.2, 0) is 0 Å². The summed E-state index contributed by atoms with van der Waals surface area (Å²) < 4.78 is 14.1. The molecular formula is C25H18FN7. The quantitative estimate of drug-likeness (QED) is 0.351. The zero-order chi connectivity index (χ0) is 22.5. The molecule has 33 heavy (non-hydrogen) atoms. The number of aromatic amines is 2. The molecule has 0 saturated heterocycles. The third-order valence-corrected chi connectivity index (χ3v) is 5.62. The average molecular weight is 435 g/mol. The number of nitrogen functional groups attached to an aromatic ring is 1. The molecule has 6 rings (SSSR count). The maximum Gasteiger partial charge on any atom is 0.135 e. The number of nitrogens with two attached hydrogens (primary N) is 1. The Labute approximate surface area is 187 Å². The molecule has 0 bridgehead atoms. The topological polar surface area (TPSA) is 109 Å². The van der Waals surface area contributed by atoms with Gasteiger partial charge in [0.15, 0.2) is 0 Å². The van der Waals surface area contributed by atoms with Gasteiger partial charge in [-0.05, 0) is 54.4 Å². The molecule has 8 heteroatoms. The SMILES string of the molecule is Cc1cc(F)cc(-c2cncc3[nH]c(-c4n[nH]c5ccc(-c6cncc(N)c6)nc45)cc23)c1. The van der Waals surface area contributed by atoms with Gasteiger partial charge in [0.25, 0.3) is 0 Å². The first-order chi connectivity index (χ1) is 16.0. The highest BCUT2D eigenvalue weighted by molar-refractivity contribution is 6.00. The van der Waals surface area contributed by atoms with Crippen molar-refractivity contribution in [2.75, 3.05) is 5.73 Å². The number of benzene rings is 1. The van der Waals surface area contributed by atoms with Gasteiger partial charge in [-0.15, -0.1) is 0 Å². The van der Waals surface area contributed by atoms with Crippen LogP contribution in [0.3, 0.4) is 0 Å². The predicted molar refractivity (Wildman–Crippen MR) is 127 cm³/mol. The lowest BCUT2D eigenvalue weighted by molar-refractivity contribution is 0.627. The smallest absolute Gasteiger partial charge is 0.135 e. The number of hydrogen-bond acceptors (Lipinski definition) is 5. The van der Waals surface area contributed by atoms with E-state index in [0.29, 0.717) is 11.4 Å². The summed E-state index contributed by atoms with van der Waals surface area (Å²) in [6.07, 6.45) is 6.83. The number of pyridine rings is 3. The van der Waals surface area contributed by atoms with E-state index in [2.05, 4.69) is 25.1 Å². The molecule has 0 spiro atoms. The number of rotatable bonds is 3. The molecule has 0 aliphatic heterocycles. The van der Waals surface area contributed by atoms with Crippen molar-refractivity contribution in [2.45, 2.75) is 6.92 Å². The highest BCUT2D eigenvalue weighted by atomic mass is 19.1. The summed E-state index contributed by atoms with van der Waals surface area (Å²) in [4.78, 5) is 16.7. The van der Waals surface area contributed by atoms with E-state index in [0.717, 1.165) is 55.6 Å². The molecule has 0 saturated carbocycles. The fourth-order valence-electron chi connectivity index (χ4n) is 4.15. The van der Waals surface area contributed by atoms with Gasteiger partial charge in [-0.3, -0.25) is 15.1 Å². The Kier molecular flexibility index (Phi) is 4.19. The highest BCUT2D eigenvalue weighted by Gasteiger charge is 2.16. The van der Waals surface area contributed by atoms with E-state index in [1.807, 2.05) is 37.3 Å². The van der Waals surface area contributed by atoms with Crippen LogP contribution in [0, 0.1) is 12.7 Å². The minimum atomic E-state index is -0.274. The molecule has 0 atom stereocenters. The van der Waals surface area contributed by atoms with Crippen LogP contribution in [0.1, 0.15) is 5.56 Å². The molecule has 0 aliphatic rings. The molecule has 5 heterocycles. The third-order valence-electron chi connectivity index (χ3n) is 5.62. The number of aromatic nitrogens is 6. The summed E-state index contributed by atoms with van der Waals surface area (Å²) in [5, 5.41) is 8.48. The normalized spacial score (nSPS) is 11.5. The van der Waals surface area contributed by atoms with E-state index < -0.39 is 0 Å². The monoisotopic (exact) mass is 435 g/mol. The van der Waals surface area contributed by atoms with Gasteiger partial charge in [-0.1, -0.05) is 6.07 Å². The number of nitrogens with one attached hydrogen (secondary N) is 2. The van der Waals surface area contributed by atoms with E-state index in [1.165, 1.54) is 12.1 Å². The van der Waals surface area contributed by atoms with Crippen molar-refractivity contribution in [3.63, 3.8) is 0 Å². The first-order valence-electron chi connectivity index (χ1n) is 10.4. The van der Waals surface area contributed by atoms with Crippen LogP contribution in [0.5, 0.6) is 0 Å². The Hall–Kier alpha value is -4.59. The first-order valence-corrected chi connectivity index (χ1v) is 10.4. The summed E-state index contributed by atoms with van der Waals surface area (Å²) >= 11 is 0. The third kappa shape index (κ3) is 3.28. The van der Waals surface area contributed by atoms with E-state index in [-0.39, 0.29) is 5.82 Å². The van der Waals surface area contributed by atoms with Gasteiger partial charge < -0.3 is 10.7 Å². The summed E-state index contributed by atoms with van der Waals surface area (Å²) in [5.41, 5.74) is 14.3. The Morgan fingerprint density at radius 2 is 1.76 bits per heavy atom. The summed E-state index contributed by atoms with van der Waals surface area (Å²) in [5.74, 6) is -0.274. The van der Waals surface area contributed by atoms with Crippen molar-refractivity contribution in [2.24, 2.45) is 0 Å². The van der Waals surface area contributed by atoms with Gasteiger partial charge in [-0.2, -0.15) is 5.10 Å². The number of aryl methyl sites for hydroxylation is 1. The minimum absolute atomic E-state index is 0.274. The van der Waals surface area contributed by atoms with E-state index in [1.54, 1.807) is 24.8 Å². The molecule has 160 valence electrons. The number of H-pyrrole nitrogens is 2. The first kappa shape index (κ1) is 19.1. The predicted octanol–water partition coefficient (Wildman–Crippen LogP) is 5.26. The molecule has 4 N–H and O–H groups in total. The number of fused-ring (bicyclic) bond motifs is 2. The van der Waals surface area contributed by atoms with Gasteiger partial charge in [0.05, 0.1) is 34.3 Å². The van der Waals surface area contributed by atoms with Gasteiger partial charge in [0.1, 0.15) is 17.0 Å². The molecule has 7 nitrogen and oxygen atoms in total. The number of nitrogens with zero attached hydrogens (tertiary/aromatic N) is 4. The van der Waals surface area contributed by atoms with Crippen LogP contribution < -0.4 is 5.73 Å². The van der Waals surface area contributed by atoms with Crippen LogP contribution in [-0.4, -0.2) is 30.1 Å². The van der Waals surface area contributed by atoms with Crippen molar-refractivity contribution in [1.82, 2.24) is 30.1 Å².